The summed E-state index contributed by atoms with van der Waals surface area (Å²) in [6.07, 6.45) is 6.05. The van der Waals surface area contributed by atoms with E-state index in [-0.39, 0.29) is 24.1 Å². The number of H-pyrrole nitrogens is 1. The molecule has 1 aliphatic rings. The number of likely N-dealkylation sites (N-methyl/N-ethyl adjacent to an activating group) is 1. The van der Waals surface area contributed by atoms with E-state index >= 15 is 0 Å². The van der Waals surface area contributed by atoms with Crippen molar-refractivity contribution < 1.29 is 14.3 Å². The molecular weight excluding hydrogens is 340 g/mol. The molecule has 1 N–H and O–H groups in total. The molecule has 0 amide bonds. The summed E-state index contributed by atoms with van der Waals surface area (Å²) < 4.78 is 5.06. The molecule has 2 aromatic rings. The molecule has 5 nitrogen and oxygen atoms in total. The maximum atomic E-state index is 13.1. The maximum absolute atomic E-state index is 13.1. The van der Waals surface area contributed by atoms with Crippen molar-refractivity contribution in [3.63, 3.8) is 0 Å². The molecule has 2 unspecified atom stereocenters. The van der Waals surface area contributed by atoms with E-state index in [2.05, 4.69) is 4.98 Å². The van der Waals surface area contributed by atoms with Crippen LogP contribution in [-0.2, 0) is 9.53 Å². The Morgan fingerprint density at radius 3 is 2.74 bits per heavy atom. The highest BCUT2D eigenvalue weighted by molar-refractivity contribution is 6.06. The van der Waals surface area contributed by atoms with Crippen LogP contribution in [0.25, 0.3) is 17.0 Å². The van der Waals surface area contributed by atoms with Crippen LogP contribution in [-0.4, -0.2) is 49.4 Å². The molecule has 0 saturated carbocycles. The normalized spacial score (nSPS) is 20.5. The number of rotatable bonds is 4. The van der Waals surface area contributed by atoms with Crippen LogP contribution in [0.5, 0.6) is 0 Å². The molecule has 1 heterocycles. The molecule has 142 valence electrons. The Bertz CT molecular complexity index is 921. The van der Waals surface area contributed by atoms with Gasteiger partial charge in [0.15, 0.2) is 5.78 Å². The Morgan fingerprint density at radius 1 is 1.33 bits per heavy atom. The van der Waals surface area contributed by atoms with Crippen molar-refractivity contribution in [2.45, 2.75) is 13.3 Å². The van der Waals surface area contributed by atoms with Gasteiger partial charge in [0, 0.05) is 35.3 Å². The average molecular weight is 366 g/mol. The van der Waals surface area contributed by atoms with Gasteiger partial charge in [0.2, 0.25) is 0 Å². The van der Waals surface area contributed by atoms with Gasteiger partial charge < -0.3 is 14.6 Å². The first-order valence-electron chi connectivity index (χ1n) is 9.16. The molecule has 5 heteroatoms. The summed E-state index contributed by atoms with van der Waals surface area (Å²) in [5.74, 6) is -1.02. The fourth-order valence-corrected chi connectivity index (χ4v) is 3.85. The smallest absolute Gasteiger partial charge is 0.313 e. The molecule has 1 aliphatic carbocycles. The summed E-state index contributed by atoms with van der Waals surface area (Å²) in [6, 6.07) is 7.83. The van der Waals surface area contributed by atoms with Crippen molar-refractivity contribution in [3.8, 4) is 0 Å². The molecule has 1 aromatic carbocycles. The number of nitrogens with zero attached hydrogens (tertiary/aromatic N) is 1. The minimum atomic E-state index is -0.494. The number of fused-ring (bicyclic) bond motifs is 3. The number of hydrogen-bond donors (Lipinski definition) is 1. The second kappa shape index (κ2) is 7.92. The largest absolute Gasteiger partial charge is 0.469 e. The number of Topliss-reactive ketones (excluding diaryl/α,β-unsaturated/α-hetero) is 1. The molecule has 0 fully saturated rings. The van der Waals surface area contributed by atoms with Gasteiger partial charge >= 0.3 is 5.97 Å². The number of ether oxygens (including phenoxy) is 1. The summed E-state index contributed by atoms with van der Waals surface area (Å²) in [5, 5.41) is 0.985. The first-order chi connectivity index (χ1) is 13.0. The Labute approximate surface area is 159 Å². The van der Waals surface area contributed by atoms with E-state index in [9.17, 15) is 9.59 Å². The van der Waals surface area contributed by atoms with Gasteiger partial charge in [-0.15, -0.1) is 0 Å². The van der Waals surface area contributed by atoms with Crippen LogP contribution in [0.4, 0.5) is 0 Å². The van der Waals surface area contributed by atoms with Crippen molar-refractivity contribution >= 4 is 28.7 Å². The molecule has 1 aromatic heterocycles. The van der Waals surface area contributed by atoms with Crippen molar-refractivity contribution in [1.82, 2.24) is 9.88 Å². The van der Waals surface area contributed by atoms with Crippen molar-refractivity contribution in [3.05, 3.63) is 53.2 Å². The Hall–Kier alpha value is -2.66. The number of methoxy groups -OCH3 is 1. The summed E-state index contributed by atoms with van der Waals surface area (Å²) in [4.78, 5) is 31.0. The zero-order valence-corrected chi connectivity index (χ0v) is 16.3. The minimum absolute atomic E-state index is 0.0163. The summed E-state index contributed by atoms with van der Waals surface area (Å²) in [7, 11) is 5.35. The third-order valence-corrected chi connectivity index (χ3v) is 5.15. The Balaban J connectivity index is 2.11. The molecule has 3 rings (SSSR count). The SMILES string of the molecule is CC=C(CN(C)C)C1CC(=O)c2[nH]c3ccccc3c2C=CC1C(=O)OC. The lowest BCUT2D eigenvalue weighted by Gasteiger charge is -2.28. The number of esters is 1. The number of para-hydroxylation sites is 1. The van der Waals surface area contributed by atoms with Gasteiger partial charge in [0.25, 0.3) is 0 Å². The maximum Gasteiger partial charge on any atom is 0.313 e. The van der Waals surface area contributed by atoms with Crippen LogP contribution in [0.3, 0.4) is 0 Å². The van der Waals surface area contributed by atoms with Crippen LogP contribution in [0.15, 0.2) is 42.0 Å². The van der Waals surface area contributed by atoms with Gasteiger partial charge in [-0.3, -0.25) is 9.59 Å². The highest BCUT2D eigenvalue weighted by Crippen LogP contribution is 2.34. The van der Waals surface area contributed by atoms with E-state index in [1.165, 1.54) is 7.11 Å². The number of aromatic amines is 1. The predicted octanol–water partition coefficient (Wildman–Crippen LogP) is 3.68. The first kappa shape index (κ1) is 19.1. The highest BCUT2D eigenvalue weighted by Gasteiger charge is 2.34. The van der Waals surface area contributed by atoms with E-state index in [1.54, 1.807) is 0 Å². The molecule has 0 aliphatic heterocycles. The van der Waals surface area contributed by atoms with Gasteiger partial charge in [-0.2, -0.15) is 0 Å². The van der Waals surface area contributed by atoms with Crippen molar-refractivity contribution in [2.75, 3.05) is 27.7 Å². The molecule has 2 atom stereocenters. The van der Waals surface area contributed by atoms with Crippen LogP contribution in [0.1, 0.15) is 29.4 Å². The lowest BCUT2D eigenvalue weighted by atomic mass is 9.79. The Morgan fingerprint density at radius 2 is 2.07 bits per heavy atom. The van der Waals surface area contributed by atoms with Gasteiger partial charge in [-0.25, -0.2) is 0 Å². The molecular formula is C22H26N2O3. The quantitative estimate of drug-likeness (QED) is 0.662. The molecule has 27 heavy (non-hydrogen) atoms. The molecule has 0 bridgehead atoms. The number of ketones is 1. The number of carbonyl (C=O) groups is 2. The number of aromatic nitrogens is 1. The fraction of sp³-hybridized carbons (Fsp3) is 0.364. The second-order valence-electron chi connectivity index (χ2n) is 7.20. The third-order valence-electron chi connectivity index (χ3n) is 5.15. The molecule has 0 spiro atoms. The van der Waals surface area contributed by atoms with Crippen LogP contribution < -0.4 is 0 Å². The van der Waals surface area contributed by atoms with E-state index in [0.717, 1.165) is 22.0 Å². The number of allylic oxidation sites excluding steroid dienone is 1. The number of carbonyl (C=O) groups excluding carboxylic acids is 2. The topological polar surface area (TPSA) is 62.4 Å². The zero-order valence-electron chi connectivity index (χ0n) is 16.3. The summed E-state index contributed by atoms with van der Waals surface area (Å²) in [6.45, 7) is 2.64. The average Bonchev–Trinajstić information content (AvgIpc) is 3.02. The lowest BCUT2D eigenvalue weighted by Crippen LogP contribution is -2.31. The summed E-state index contributed by atoms with van der Waals surface area (Å²) >= 11 is 0. The van der Waals surface area contributed by atoms with E-state index in [4.69, 9.17) is 4.74 Å². The first-order valence-corrected chi connectivity index (χ1v) is 9.16. The molecule has 0 radical (unpaired) electrons. The highest BCUT2D eigenvalue weighted by atomic mass is 16.5. The van der Waals surface area contributed by atoms with Crippen LogP contribution >= 0.6 is 0 Å². The number of benzene rings is 1. The molecule has 0 saturated heterocycles. The zero-order chi connectivity index (χ0) is 19.6. The fourth-order valence-electron chi connectivity index (χ4n) is 3.85. The lowest BCUT2D eigenvalue weighted by molar-refractivity contribution is -0.144. The van der Waals surface area contributed by atoms with E-state index in [1.807, 2.05) is 68.4 Å². The van der Waals surface area contributed by atoms with Crippen molar-refractivity contribution in [1.29, 1.82) is 0 Å². The van der Waals surface area contributed by atoms with E-state index in [0.29, 0.717) is 12.2 Å². The van der Waals surface area contributed by atoms with E-state index < -0.39 is 5.92 Å². The monoisotopic (exact) mass is 366 g/mol. The van der Waals surface area contributed by atoms with Gasteiger partial charge in [0.05, 0.1) is 18.7 Å². The third kappa shape index (κ3) is 3.74. The Kier molecular flexibility index (Phi) is 5.61. The summed E-state index contributed by atoms with van der Waals surface area (Å²) in [5.41, 5.74) is 3.44. The predicted molar refractivity (Wildman–Crippen MR) is 108 cm³/mol. The van der Waals surface area contributed by atoms with Crippen LogP contribution in [0.2, 0.25) is 0 Å². The number of nitrogens with one attached hydrogen (secondary N) is 1. The number of hydrogen-bond acceptors (Lipinski definition) is 4. The van der Waals surface area contributed by atoms with Gasteiger partial charge in [0.1, 0.15) is 0 Å². The standard InChI is InChI=1S/C22H26N2O3/c1-5-14(13-24(2)3)18-12-20(25)21-16(10-11-17(18)22(26)27-4)15-8-6-7-9-19(15)23-21/h5-11,17-18,23H,12-13H2,1-4H3. The van der Waals surface area contributed by atoms with Crippen molar-refractivity contribution in [2.24, 2.45) is 11.8 Å². The second-order valence-corrected chi connectivity index (χ2v) is 7.20. The minimum Gasteiger partial charge on any atom is -0.469 e. The van der Waals surface area contributed by atoms with Gasteiger partial charge in [-0.1, -0.05) is 42.0 Å². The van der Waals surface area contributed by atoms with Gasteiger partial charge in [-0.05, 0) is 27.1 Å². The van der Waals surface area contributed by atoms with Crippen LogP contribution in [0, 0.1) is 11.8 Å².